The molecule has 2 aliphatic heterocycles. The van der Waals surface area contributed by atoms with Gasteiger partial charge in [0.2, 0.25) is 10.0 Å². The standard InChI is InChI=1S/C20H28N2O6S/c1-15-3-5-18(6-4-15)29(25,26)22-9-7-17(8-10-22)20(24)28-16(2)19(23)21-11-13-27-14-12-21/h3-6,16-17H,7-14H2,1-2H3/t16-/m1/s1. The van der Waals surface area contributed by atoms with Crippen molar-refractivity contribution in [3.63, 3.8) is 0 Å². The van der Waals surface area contributed by atoms with Crippen LogP contribution in [0.15, 0.2) is 29.2 Å². The van der Waals surface area contributed by atoms with E-state index in [1.54, 1.807) is 36.1 Å². The Labute approximate surface area is 171 Å². The predicted octanol–water partition coefficient (Wildman–Crippen LogP) is 1.19. The minimum Gasteiger partial charge on any atom is -0.452 e. The van der Waals surface area contributed by atoms with Crippen molar-refractivity contribution in [2.45, 2.75) is 37.7 Å². The number of esters is 1. The van der Waals surface area contributed by atoms with Crippen LogP contribution in [0.2, 0.25) is 0 Å². The topological polar surface area (TPSA) is 93.2 Å². The Morgan fingerprint density at radius 2 is 1.66 bits per heavy atom. The molecule has 1 aromatic carbocycles. The predicted molar refractivity (Wildman–Crippen MR) is 106 cm³/mol. The van der Waals surface area contributed by atoms with E-state index in [1.165, 1.54) is 4.31 Å². The Hall–Kier alpha value is -1.97. The van der Waals surface area contributed by atoms with E-state index in [-0.39, 0.29) is 23.9 Å². The zero-order valence-corrected chi connectivity index (χ0v) is 17.7. The molecule has 2 saturated heterocycles. The molecular formula is C20H28N2O6S. The van der Waals surface area contributed by atoms with Gasteiger partial charge in [-0.3, -0.25) is 9.59 Å². The lowest BCUT2D eigenvalue weighted by Crippen LogP contribution is -2.47. The summed E-state index contributed by atoms with van der Waals surface area (Å²) in [6.45, 7) is 5.95. The van der Waals surface area contributed by atoms with Crippen molar-refractivity contribution in [2.24, 2.45) is 5.92 Å². The van der Waals surface area contributed by atoms with Crippen molar-refractivity contribution in [3.8, 4) is 0 Å². The molecule has 0 unspecified atom stereocenters. The number of benzene rings is 1. The van der Waals surface area contributed by atoms with Gasteiger partial charge in [-0.15, -0.1) is 0 Å². The number of hydrogen-bond acceptors (Lipinski definition) is 6. The Morgan fingerprint density at radius 3 is 2.24 bits per heavy atom. The Kier molecular flexibility index (Phi) is 6.92. The lowest BCUT2D eigenvalue weighted by atomic mass is 9.98. The lowest BCUT2D eigenvalue weighted by Gasteiger charge is -2.32. The van der Waals surface area contributed by atoms with Crippen molar-refractivity contribution < 1.29 is 27.5 Å². The summed E-state index contributed by atoms with van der Waals surface area (Å²) < 4.78 is 37.5. The number of carbonyl (C=O) groups is 2. The number of ether oxygens (including phenoxy) is 2. The fraction of sp³-hybridized carbons (Fsp3) is 0.600. The van der Waals surface area contributed by atoms with Gasteiger partial charge in [0.25, 0.3) is 5.91 Å². The van der Waals surface area contributed by atoms with E-state index < -0.39 is 28.0 Å². The van der Waals surface area contributed by atoms with Crippen LogP contribution >= 0.6 is 0 Å². The quantitative estimate of drug-likeness (QED) is 0.659. The molecule has 0 saturated carbocycles. The minimum absolute atomic E-state index is 0.221. The maximum Gasteiger partial charge on any atom is 0.309 e. The first-order valence-electron chi connectivity index (χ1n) is 9.93. The SMILES string of the molecule is Cc1ccc(S(=O)(=O)N2CCC(C(=O)O[C@H](C)C(=O)N3CCOCC3)CC2)cc1. The third-order valence-electron chi connectivity index (χ3n) is 5.41. The molecule has 0 N–H and O–H groups in total. The van der Waals surface area contributed by atoms with E-state index in [0.717, 1.165) is 5.56 Å². The van der Waals surface area contributed by atoms with Gasteiger partial charge in [-0.1, -0.05) is 17.7 Å². The van der Waals surface area contributed by atoms with Crippen LogP contribution in [0.1, 0.15) is 25.3 Å². The average Bonchev–Trinajstić information content (AvgIpc) is 2.74. The molecule has 1 atom stereocenters. The highest BCUT2D eigenvalue weighted by atomic mass is 32.2. The van der Waals surface area contributed by atoms with E-state index in [4.69, 9.17) is 9.47 Å². The van der Waals surface area contributed by atoms with Gasteiger partial charge < -0.3 is 14.4 Å². The number of aryl methyl sites for hydroxylation is 1. The molecule has 0 spiro atoms. The van der Waals surface area contributed by atoms with Crippen LogP contribution in [0.4, 0.5) is 0 Å². The van der Waals surface area contributed by atoms with E-state index in [0.29, 0.717) is 39.1 Å². The molecule has 0 aromatic heterocycles. The van der Waals surface area contributed by atoms with Crippen molar-refractivity contribution in [3.05, 3.63) is 29.8 Å². The lowest BCUT2D eigenvalue weighted by molar-refractivity contribution is -0.164. The van der Waals surface area contributed by atoms with Crippen molar-refractivity contribution in [1.29, 1.82) is 0 Å². The van der Waals surface area contributed by atoms with E-state index in [9.17, 15) is 18.0 Å². The van der Waals surface area contributed by atoms with Gasteiger partial charge in [0, 0.05) is 26.2 Å². The molecule has 0 bridgehead atoms. The number of morpholine rings is 1. The fourth-order valence-corrected chi connectivity index (χ4v) is 5.02. The molecule has 2 aliphatic rings. The first-order valence-corrected chi connectivity index (χ1v) is 11.4. The first-order chi connectivity index (χ1) is 13.8. The summed E-state index contributed by atoms with van der Waals surface area (Å²) >= 11 is 0. The summed E-state index contributed by atoms with van der Waals surface area (Å²) in [6.07, 6.45) is -0.0972. The van der Waals surface area contributed by atoms with Gasteiger partial charge in [0.1, 0.15) is 0 Å². The molecule has 29 heavy (non-hydrogen) atoms. The number of rotatable bonds is 5. The minimum atomic E-state index is -3.57. The molecule has 0 aliphatic carbocycles. The number of amides is 1. The Bertz CT molecular complexity index is 825. The van der Waals surface area contributed by atoms with Crippen LogP contribution in [0.5, 0.6) is 0 Å². The highest BCUT2D eigenvalue weighted by Gasteiger charge is 2.34. The van der Waals surface area contributed by atoms with Crippen LogP contribution < -0.4 is 0 Å². The van der Waals surface area contributed by atoms with Gasteiger partial charge >= 0.3 is 5.97 Å². The van der Waals surface area contributed by atoms with Gasteiger partial charge in [0.05, 0.1) is 24.0 Å². The molecule has 2 heterocycles. The molecule has 1 aromatic rings. The summed E-state index contributed by atoms with van der Waals surface area (Å²) in [5.74, 6) is -1.06. The Balaban J connectivity index is 1.52. The largest absolute Gasteiger partial charge is 0.452 e. The summed E-state index contributed by atoms with van der Waals surface area (Å²) in [7, 11) is -3.57. The molecule has 0 radical (unpaired) electrons. The van der Waals surface area contributed by atoms with Crippen LogP contribution in [0.25, 0.3) is 0 Å². The third-order valence-corrected chi connectivity index (χ3v) is 7.32. The van der Waals surface area contributed by atoms with Crippen LogP contribution in [-0.2, 0) is 29.1 Å². The number of hydrogen-bond donors (Lipinski definition) is 0. The van der Waals surface area contributed by atoms with Gasteiger partial charge in [-0.2, -0.15) is 4.31 Å². The Morgan fingerprint density at radius 1 is 1.07 bits per heavy atom. The summed E-state index contributed by atoms with van der Waals surface area (Å²) in [5.41, 5.74) is 0.992. The van der Waals surface area contributed by atoms with Crippen molar-refractivity contribution in [1.82, 2.24) is 9.21 Å². The zero-order valence-electron chi connectivity index (χ0n) is 16.9. The highest BCUT2D eigenvalue weighted by Crippen LogP contribution is 2.25. The molecular weight excluding hydrogens is 396 g/mol. The second-order valence-electron chi connectivity index (χ2n) is 7.51. The van der Waals surface area contributed by atoms with E-state index >= 15 is 0 Å². The molecule has 2 fully saturated rings. The average molecular weight is 425 g/mol. The van der Waals surface area contributed by atoms with Crippen LogP contribution in [-0.4, -0.2) is 75.0 Å². The monoisotopic (exact) mass is 424 g/mol. The number of nitrogens with zero attached hydrogens (tertiary/aromatic N) is 2. The number of piperidine rings is 1. The van der Waals surface area contributed by atoms with E-state index in [1.807, 2.05) is 6.92 Å². The molecule has 160 valence electrons. The smallest absolute Gasteiger partial charge is 0.309 e. The molecule has 3 rings (SSSR count). The van der Waals surface area contributed by atoms with Gasteiger partial charge in [-0.05, 0) is 38.8 Å². The first kappa shape index (κ1) is 21.7. The second-order valence-corrected chi connectivity index (χ2v) is 9.45. The maximum absolute atomic E-state index is 12.8. The normalized spacial score (nSPS) is 20.3. The van der Waals surface area contributed by atoms with Crippen LogP contribution in [0.3, 0.4) is 0 Å². The zero-order chi connectivity index (χ0) is 21.0. The van der Waals surface area contributed by atoms with Gasteiger partial charge in [0.15, 0.2) is 6.10 Å². The fourth-order valence-electron chi connectivity index (χ4n) is 3.55. The summed E-state index contributed by atoms with van der Waals surface area (Å²) in [6, 6.07) is 6.74. The molecule has 1 amide bonds. The summed E-state index contributed by atoms with van der Waals surface area (Å²) in [4.78, 5) is 26.8. The molecule has 8 nitrogen and oxygen atoms in total. The second kappa shape index (κ2) is 9.23. The van der Waals surface area contributed by atoms with Gasteiger partial charge in [-0.25, -0.2) is 8.42 Å². The van der Waals surface area contributed by atoms with E-state index in [2.05, 4.69) is 0 Å². The maximum atomic E-state index is 12.8. The van der Waals surface area contributed by atoms with Crippen molar-refractivity contribution >= 4 is 21.9 Å². The third kappa shape index (κ3) is 5.15. The molecule has 9 heteroatoms. The summed E-state index contributed by atoms with van der Waals surface area (Å²) in [5, 5.41) is 0. The van der Waals surface area contributed by atoms with Crippen LogP contribution in [0, 0.1) is 12.8 Å². The number of carbonyl (C=O) groups excluding carboxylic acids is 2. The van der Waals surface area contributed by atoms with Crippen molar-refractivity contribution in [2.75, 3.05) is 39.4 Å². The number of sulfonamides is 1. The highest BCUT2D eigenvalue weighted by molar-refractivity contribution is 7.89.